The standard InChI is InChI=1S/C13H22N2O/c14-7-11(8-5-6-8)15-13(16)12-9-3-1-2-4-10(9)12/h8-12H,1-7,14H2,(H,15,16). The van der Waals surface area contributed by atoms with Gasteiger partial charge in [-0.2, -0.15) is 0 Å². The van der Waals surface area contributed by atoms with Crippen molar-refractivity contribution in [2.75, 3.05) is 6.54 Å². The molecule has 3 rings (SSSR count). The first kappa shape index (κ1) is 10.6. The van der Waals surface area contributed by atoms with Gasteiger partial charge >= 0.3 is 0 Å². The van der Waals surface area contributed by atoms with Gasteiger partial charge in [-0.3, -0.25) is 4.79 Å². The summed E-state index contributed by atoms with van der Waals surface area (Å²) in [5.74, 6) is 2.75. The molecule has 0 aromatic heterocycles. The van der Waals surface area contributed by atoms with Crippen LogP contribution < -0.4 is 11.1 Å². The fraction of sp³-hybridized carbons (Fsp3) is 0.923. The van der Waals surface area contributed by atoms with E-state index in [-0.39, 0.29) is 6.04 Å². The maximum absolute atomic E-state index is 12.1. The molecule has 0 bridgehead atoms. The molecule has 3 unspecified atom stereocenters. The lowest BCUT2D eigenvalue weighted by Gasteiger charge is -2.15. The lowest BCUT2D eigenvalue weighted by molar-refractivity contribution is -0.123. The molecule has 1 amide bonds. The van der Waals surface area contributed by atoms with Crippen molar-refractivity contribution in [3.8, 4) is 0 Å². The van der Waals surface area contributed by atoms with E-state index >= 15 is 0 Å². The molecule has 16 heavy (non-hydrogen) atoms. The molecular formula is C13H22N2O. The molecule has 0 heterocycles. The molecular weight excluding hydrogens is 200 g/mol. The van der Waals surface area contributed by atoms with Crippen molar-refractivity contribution in [1.82, 2.24) is 5.32 Å². The zero-order chi connectivity index (χ0) is 11.1. The van der Waals surface area contributed by atoms with E-state index in [1.165, 1.54) is 38.5 Å². The van der Waals surface area contributed by atoms with E-state index in [9.17, 15) is 4.79 Å². The Labute approximate surface area is 97.2 Å². The molecule has 3 atom stereocenters. The fourth-order valence-electron chi connectivity index (χ4n) is 3.53. The van der Waals surface area contributed by atoms with Gasteiger partial charge in [0.2, 0.25) is 5.91 Å². The van der Waals surface area contributed by atoms with Crippen molar-refractivity contribution in [2.45, 2.75) is 44.6 Å². The fourth-order valence-corrected chi connectivity index (χ4v) is 3.53. The first-order valence-corrected chi connectivity index (χ1v) is 6.81. The Morgan fingerprint density at radius 2 is 1.81 bits per heavy atom. The Kier molecular flexibility index (Phi) is 2.66. The summed E-state index contributed by atoms with van der Waals surface area (Å²) in [6.07, 6.45) is 7.71. The zero-order valence-electron chi connectivity index (χ0n) is 9.82. The highest BCUT2D eigenvalue weighted by Gasteiger charge is 2.55. The second kappa shape index (κ2) is 4.02. The Hall–Kier alpha value is -0.570. The van der Waals surface area contributed by atoms with Gasteiger partial charge < -0.3 is 11.1 Å². The minimum atomic E-state index is 0.259. The van der Waals surface area contributed by atoms with Crippen molar-refractivity contribution < 1.29 is 4.79 Å². The van der Waals surface area contributed by atoms with E-state index in [0.717, 1.165) is 0 Å². The lowest BCUT2D eigenvalue weighted by Crippen LogP contribution is -2.42. The Morgan fingerprint density at radius 1 is 1.19 bits per heavy atom. The number of nitrogens with one attached hydrogen (secondary N) is 1. The molecule has 3 aliphatic rings. The summed E-state index contributed by atoms with van der Waals surface area (Å²) in [6.45, 7) is 0.610. The van der Waals surface area contributed by atoms with E-state index in [0.29, 0.717) is 36.1 Å². The molecule has 3 N–H and O–H groups in total. The molecule has 3 heteroatoms. The molecule has 3 saturated carbocycles. The largest absolute Gasteiger partial charge is 0.352 e. The van der Waals surface area contributed by atoms with E-state index in [4.69, 9.17) is 5.73 Å². The summed E-state index contributed by atoms with van der Waals surface area (Å²) in [6, 6.07) is 0.259. The summed E-state index contributed by atoms with van der Waals surface area (Å²) in [5, 5.41) is 3.18. The molecule has 0 aromatic rings. The van der Waals surface area contributed by atoms with E-state index in [1.807, 2.05) is 0 Å². The van der Waals surface area contributed by atoms with Gasteiger partial charge in [0.05, 0.1) is 0 Å². The first-order chi connectivity index (χ1) is 7.81. The number of hydrogen-bond donors (Lipinski definition) is 2. The number of fused-ring (bicyclic) bond motifs is 1. The third kappa shape index (κ3) is 1.86. The van der Waals surface area contributed by atoms with Crippen molar-refractivity contribution in [1.29, 1.82) is 0 Å². The van der Waals surface area contributed by atoms with Gasteiger partial charge in [-0.25, -0.2) is 0 Å². The van der Waals surface area contributed by atoms with Gasteiger partial charge in [-0.05, 0) is 43.4 Å². The molecule has 0 aliphatic heterocycles. The number of carbonyl (C=O) groups excluding carboxylic acids is 1. The number of amides is 1. The second-order valence-electron chi connectivity index (χ2n) is 5.83. The van der Waals surface area contributed by atoms with Crippen LogP contribution in [0.25, 0.3) is 0 Å². The van der Waals surface area contributed by atoms with Gasteiger partial charge in [-0.1, -0.05) is 12.8 Å². The normalized spacial score (nSPS) is 38.7. The zero-order valence-corrected chi connectivity index (χ0v) is 9.82. The molecule has 3 nitrogen and oxygen atoms in total. The number of rotatable bonds is 4. The van der Waals surface area contributed by atoms with Crippen LogP contribution in [0.15, 0.2) is 0 Å². The minimum absolute atomic E-state index is 0.259. The van der Waals surface area contributed by atoms with Crippen LogP contribution in [-0.4, -0.2) is 18.5 Å². The average Bonchev–Trinajstić information content (AvgIpc) is 3.16. The van der Waals surface area contributed by atoms with Crippen LogP contribution in [0.4, 0.5) is 0 Å². The summed E-state index contributed by atoms with van der Waals surface area (Å²) >= 11 is 0. The van der Waals surface area contributed by atoms with Gasteiger partial charge in [0.15, 0.2) is 0 Å². The SMILES string of the molecule is NCC(NC(=O)C1C2CCCCC21)C1CC1. The van der Waals surface area contributed by atoms with Crippen LogP contribution >= 0.6 is 0 Å². The first-order valence-electron chi connectivity index (χ1n) is 6.81. The predicted octanol–water partition coefficient (Wildman–Crippen LogP) is 1.28. The van der Waals surface area contributed by atoms with Crippen molar-refractivity contribution in [3.63, 3.8) is 0 Å². The van der Waals surface area contributed by atoms with Crippen LogP contribution in [0.3, 0.4) is 0 Å². The summed E-state index contributed by atoms with van der Waals surface area (Å²) < 4.78 is 0. The van der Waals surface area contributed by atoms with Crippen LogP contribution in [0.5, 0.6) is 0 Å². The summed E-state index contributed by atoms with van der Waals surface area (Å²) in [7, 11) is 0. The van der Waals surface area contributed by atoms with E-state index < -0.39 is 0 Å². The highest BCUT2D eigenvalue weighted by molar-refractivity contribution is 5.82. The van der Waals surface area contributed by atoms with E-state index in [2.05, 4.69) is 5.32 Å². The van der Waals surface area contributed by atoms with Gasteiger partial charge in [0, 0.05) is 18.5 Å². The molecule has 90 valence electrons. The topological polar surface area (TPSA) is 55.1 Å². The Morgan fingerprint density at radius 3 is 2.31 bits per heavy atom. The molecule has 0 saturated heterocycles. The minimum Gasteiger partial charge on any atom is -0.352 e. The molecule has 0 spiro atoms. The Balaban J connectivity index is 1.53. The van der Waals surface area contributed by atoms with Gasteiger partial charge in [-0.15, -0.1) is 0 Å². The van der Waals surface area contributed by atoms with Crippen LogP contribution in [-0.2, 0) is 4.79 Å². The number of nitrogens with two attached hydrogens (primary N) is 1. The van der Waals surface area contributed by atoms with Crippen LogP contribution in [0.1, 0.15) is 38.5 Å². The molecule has 3 fully saturated rings. The summed E-state index contributed by atoms with van der Waals surface area (Å²) in [4.78, 5) is 12.1. The Bertz CT molecular complexity index is 276. The third-order valence-electron chi connectivity index (χ3n) is 4.73. The van der Waals surface area contributed by atoms with E-state index in [1.54, 1.807) is 0 Å². The van der Waals surface area contributed by atoms with Crippen LogP contribution in [0.2, 0.25) is 0 Å². The smallest absolute Gasteiger partial charge is 0.223 e. The predicted molar refractivity (Wildman–Crippen MR) is 62.6 cm³/mol. The maximum Gasteiger partial charge on any atom is 0.223 e. The van der Waals surface area contributed by atoms with Gasteiger partial charge in [0.1, 0.15) is 0 Å². The molecule has 0 radical (unpaired) electrons. The third-order valence-corrected chi connectivity index (χ3v) is 4.73. The quantitative estimate of drug-likeness (QED) is 0.752. The second-order valence-corrected chi connectivity index (χ2v) is 5.83. The number of hydrogen-bond acceptors (Lipinski definition) is 2. The maximum atomic E-state index is 12.1. The van der Waals surface area contributed by atoms with Crippen molar-refractivity contribution in [3.05, 3.63) is 0 Å². The van der Waals surface area contributed by atoms with Crippen LogP contribution in [0, 0.1) is 23.7 Å². The lowest BCUT2D eigenvalue weighted by atomic mass is 10.0. The molecule has 0 aromatic carbocycles. The monoisotopic (exact) mass is 222 g/mol. The van der Waals surface area contributed by atoms with Gasteiger partial charge in [0.25, 0.3) is 0 Å². The highest BCUT2D eigenvalue weighted by atomic mass is 16.2. The number of carbonyl (C=O) groups is 1. The molecule has 3 aliphatic carbocycles. The van der Waals surface area contributed by atoms with Crippen molar-refractivity contribution >= 4 is 5.91 Å². The van der Waals surface area contributed by atoms with Crippen molar-refractivity contribution in [2.24, 2.45) is 29.4 Å². The summed E-state index contributed by atoms with van der Waals surface area (Å²) in [5.41, 5.74) is 5.71. The highest BCUT2D eigenvalue weighted by Crippen LogP contribution is 2.55. The average molecular weight is 222 g/mol.